The van der Waals surface area contributed by atoms with Crippen LogP contribution in [0.4, 0.5) is 0 Å². The number of hydrogen-bond donors (Lipinski definition) is 1. The van der Waals surface area contributed by atoms with Crippen LogP contribution in [0.2, 0.25) is 5.02 Å². The smallest absolute Gasteiger partial charge is 0.253 e. The second-order valence-corrected chi connectivity index (χ2v) is 7.99. The van der Waals surface area contributed by atoms with E-state index in [0.29, 0.717) is 16.5 Å². The summed E-state index contributed by atoms with van der Waals surface area (Å²) in [4.78, 5) is 13.0. The molecule has 1 amide bonds. The van der Waals surface area contributed by atoms with Crippen LogP contribution in [-0.2, 0) is 0 Å². The Hall–Kier alpha value is -2.72. The third-order valence-electron chi connectivity index (χ3n) is 5.32. The van der Waals surface area contributed by atoms with Gasteiger partial charge in [0.05, 0.1) is 24.1 Å². The first-order chi connectivity index (χ1) is 13.8. The molecular weight excluding hydrogens is 384 g/mol. The Labute approximate surface area is 177 Å². The summed E-state index contributed by atoms with van der Waals surface area (Å²) in [5.41, 5.74) is 4.26. The van der Waals surface area contributed by atoms with E-state index in [1.54, 1.807) is 7.11 Å². The predicted octanol–water partition coefficient (Wildman–Crippen LogP) is 5.89. The quantitative estimate of drug-likeness (QED) is 0.550. The van der Waals surface area contributed by atoms with E-state index in [2.05, 4.69) is 23.7 Å². The van der Waals surface area contributed by atoms with E-state index in [4.69, 9.17) is 16.3 Å². The average molecular weight is 411 g/mol. The lowest BCUT2D eigenvalue weighted by molar-refractivity contribution is 0.0930. The van der Waals surface area contributed by atoms with Crippen molar-refractivity contribution in [3.63, 3.8) is 0 Å². The third kappa shape index (κ3) is 4.33. The van der Waals surface area contributed by atoms with E-state index in [0.717, 1.165) is 28.4 Å². The van der Waals surface area contributed by atoms with Crippen LogP contribution in [0, 0.1) is 12.8 Å². The Morgan fingerprint density at radius 2 is 1.72 bits per heavy atom. The highest BCUT2D eigenvalue weighted by Gasteiger charge is 2.22. The van der Waals surface area contributed by atoms with E-state index in [1.807, 2.05) is 68.4 Å². The van der Waals surface area contributed by atoms with Gasteiger partial charge in [0.1, 0.15) is 5.75 Å². The SMILES string of the molecule is COc1ccccc1-n1c(-c2ccc(Cl)cc2)cc(C(=O)N[C@H](C)C(C)C)c1C. The largest absolute Gasteiger partial charge is 0.495 e. The molecule has 0 aliphatic heterocycles. The summed E-state index contributed by atoms with van der Waals surface area (Å²) >= 11 is 6.09. The zero-order valence-electron chi connectivity index (χ0n) is 17.5. The van der Waals surface area contributed by atoms with Crippen LogP contribution in [0.1, 0.15) is 36.8 Å². The van der Waals surface area contributed by atoms with Gasteiger partial charge in [0, 0.05) is 16.8 Å². The van der Waals surface area contributed by atoms with Crippen molar-refractivity contribution in [2.75, 3.05) is 7.11 Å². The molecular formula is C24H27ClN2O2. The average Bonchev–Trinajstić information content (AvgIpc) is 3.05. The van der Waals surface area contributed by atoms with Crippen molar-refractivity contribution in [2.24, 2.45) is 5.92 Å². The van der Waals surface area contributed by atoms with Crippen molar-refractivity contribution < 1.29 is 9.53 Å². The molecule has 1 heterocycles. The minimum absolute atomic E-state index is 0.0763. The van der Waals surface area contributed by atoms with E-state index in [-0.39, 0.29) is 11.9 Å². The number of halogens is 1. The van der Waals surface area contributed by atoms with Crippen LogP contribution in [0.5, 0.6) is 5.75 Å². The summed E-state index contributed by atoms with van der Waals surface area (Å²) in [6, 6.07) is 17.4. The molecule has 29 heavy (non-hydrogen) atoms. The van der Waals surface area contributed by atoms with Gasteiger partial charge in [-0.3, -0.25) is 4.79 Å². The molecule has 3 aromatic rings. The highest BCUT2D eigenvalue weighted by atomic mass is 35.5. The lowest BCUT2D eigenvalue weighted by Crippen LogP contribution is -2.36. The van der Waals surface area contributed by atoms with Gasteiger partial charge in [-0.25, -0.2) is 0 Å². The first-order valence-electron chi connectivity index (χ1n) is 9.76. The number of aromatic nitrogens is 1. The highest BCUT2D eigenvalue weighted by molar-refractivity contribution is 6.30. The van der Waals surface area contributed by atoms with Crippen LogP contribution in [0.25, 0.3) is 16.9 Å². The van der Waals surface area contributed by atoms with Gasteiger partial charge >= 0.3 is 0 Å². The number of nitrogens with zero attached hydrogens (tertiary/aromatic N) is 1. The Bertz CT molecular complexity index is 1010. The van der Waals surface area contributed by atoms with Crippen molar-refractivity contribution in [3.05, 3.63) is 70.9 Å². The molecule has 0 saturated heterocycles. The molecule has 0 fully saturated rings. The third-order valence-corrected chi connectivity index (χ3v) is 5.57. The first-order valence-corrected chi connectivity index (χ1v) is 10.1. The molecule has 0 aliphatic carbocycles. The number of ether oxygens (including phenoxy) is 1. The molecule has 0 radical (unpaired) electrons. The molecule has 4 nitrogen and oxygen atoms in total. The molecule has 0 aliphatic rings. The van der Waals surface area contributed by atoms with Gasteiger partial charge in [0.25, 0.3) is 5.91 Å². The molecule has 1 aromatic heterocycles. The van der Waals surface area contributed by atoms with Crippen molar-refractivity contribution in [1.29, 1.82) is 0 Å². The van der Waals surface area contributed by atoms with E-state index in [1.165, 1.54) is 0 Å². The number of hydrogen-bond acceptors (Lipinski definition) is 2. The second-order valence-electron chi connectivity index (χ2n) is 7.55. The predicted molar refractivity (Wildman–Crippen MR) is 119 cm³/mol. The molecule has 1 atom stereocenters. The topological polar surface area (TPSA) is 43.3 Å². The minimum Gasteiger partial charge on any atom is -0.495 e. The number of carbonyl (C=O) groups excluding carboxylic acids is 1. The number of nitrogens with one attached hydrogen (secondary N) is 1. The van der Waals surface area contributed by atoms with E-state index >= 15 is 0 Å². The first kappa shape index (κ1) is 21.0. The van der Waals surface area contributed by atoms with E-state index < -0.39 is 0 Å². The van der Waals surface area contributed by atoms with Crippen LogP contribution in [-0.4, -0.2) is 23.6 Å². The van der Waals surface area contributed by atoms with Gasteiger partial charge in [-0.05, 0) is 55.7 Å². The van der Waals surface area contributed by atoms with Crippen molar-refractivity contribution in [1.82, 2.24) is 9.88 Å². The number of methoxy groups -OCH3 is 1. The van der Waals surface area contributed by atoms with Crippen molar-refractivity contribution >= 4 is 17.5 Å². The molecule has 0 saturated carbocycles. The summed E-state index contributed by atoms with van der Waals surface area (Å²) in [6.45, 7) is 8.17. The maximum atomic E-state index is 13.0. The van der Waals surface area contributed by atoms with Gasteiger partial charge in [-0.15, -0.1) is 0 Å². The molecule has 0 bridgehead atoms. The zero-order valence-corrected chi connectivity index (χ0v) is 18.2. The second kappa shape index (κ2) is 8.75. The Morgan fingerprint density at radius 3 is 2.34 bits per heavy atom. The zero-order chi connectivity index (χ0) is 21.1. The molecule has 5 heteroatoms. The Balaban J connectivity index is 2.18. The number of benzene rings is 2. The summed E-state index contributed by atoms with van der Waals surface area (Å²) in [6.07, 6.45) is 0. The minimum atomic E-state index is -0.0763. The standard InChI is InChI=1S/C24H27ClN2O2/c1-15(2)16(3)26-24(28)20-14-22(18-10-12-19(25)13-11-18)27(17(20)4)21-8-6-7-9-23(21)29-5/h6-16H,1-5H3,(H,26,28)/t16-/m1/s1. The molecule has 2 aromatic carbocycles. The summed E-state index contributed by atoms with van der Waals surface area (Å²) in [5.74, 6) is 1.02. The summed E-state index contributed by atoms with van der Waals surface area (Å²) in [7, 11) is 1.65. The maximum Gasteiger partial charge on any atom is 0.253 e. The fourth-order valence-corrected chi connectivity index (χ4v) is 3.37. The summed E-state index contributed by atoms with van der Waals surface area (Å²) in [5, 5.41) is 3.78. The van der Waals surface area contributed by atoms with Crippen LogP contribution in [0.15, 0.2) is 54.6 Å². The number of para-hydroxylation sites is 2. The normalized spacial score (nSPS) is 12.1. The lowest BCUT2D eigenvalue weighted by atomic mass is 10.1. The molecule has 0 spiro atoms. The van der Waals surface area contributed by atoms with Crippen molar-refractivity contribution in [3.8, 4) is 22.7 Å². The molecule has 0 unspecified atom stereocenters. The molecule has 1 N–H and O–H groups in total. The monoisotopic (exact) mass is 410 g/mol. The summed E-state index contributed by atoms with van der Waals surface area (Å²) < 4.78 is 7.65. The Kier molecular flexibility index (Phi) is 6.33. The molecule has 3 rings (SSSR count). The fourth-order valence-electron chi connectivity index (χ4n) is 3.25. The molecule has 152 valence electrons. The lowest BCUT2D eigenvalue weighted by Gasteiger charge is -2.18. The van der Waals surface area contributed by atoms with Crippen molar-refractivity contribution in [2.45, 2.75) is 33.7 Å². The van der Waals surface area contributed by atoms with Gasteiger partial charge in [0.15, 0.2) is 0 Å². The maximum absolute atomic E-state index is 13.0. The van der Waals surface area contributed by atoms with Gasteiger partial charge in [0.2, 0.25) is 0 Å². The van der Waals surface area contributed by atoms with Crippen LogP contribution in [0.3, 0.4) is 0 Å². The number of amides is 1. The van der Waals surface area contributed by atoms with Crippen LogP contribution >= 0.6 is 11.6 Å². The fraction of sp³-hybridized carbons (Fsp3) is 0.292. The highest BCUT2D eigenvalue weighted by Crippen LogP contribution is 2.34. The van der Waals surface area contributed by atoms with Gasteiger partial charge < -0.3 is 14.6 Å². The number of carbonyl (C=O) groups is 1. The van der Waals surface area contributed by atoms with Gasteiger partial charge in [-0.1, -0.05) is 49.7 Å². The number of rotatable bonds is 6. The Morgan fingerprint density at radius 1 is 1.07 bits per heavy atom. The van der Waals surface area contributed by atoms with Crippen LogP contribution < -0.4 is 10.1 Å². The van der Waals surface area contributed by atoms with E-state index in [9.17, 15) is 4.79 Å². The van der Waals surface area contributed by atoms with Gasteiger partial charge in [-0.2, -0.15) is 0 Å².